The minimum absolute atomic E-state index is 0.0455. The number of nitrogens with zero attached hydrogens (tertiary/aromatic N) is 2. The maximum atomic E-state index is 12.3. The fourth-order valence-electron chi connectivity index (χ4n) is 1.35. The first-order chi connectivity index (χ1) is 8.08. The number of aromatic nitrogens is 1. The normalized spacial score (nSPS) is 10.9. The van der Waals surface area contributed by atoms with E-state index in [4.69, 9.17) is 21.8 Å². The van der Waals surface area contributed by atoms with Gasteiger partial charge in [-0.25, -0.2) is 13.8 Å². The molecule has 4 nitrogen and oxygen atoms in total. The Balaban J connectivity index is 2.92. The summed E-state index contributed by atoms with van der Waals surface area (Å²) in [6.45, 7) is -1.04. The average molecular weight is 267 g/mol. The van der Waals surface area contributed by atoms with Crippen LogP contribution in [0.5, 0.6) is 0 Å². The molecular weight excluding hydrogens is 254 g/mol. The largest absolute Gasteiger partial charge is 0.395 e. The van der Waals surface area contributed by atoms with Crippen LogP contribution in [0.2, 0.25) is 5.02 Å². The number of aliphatic hydroxyl groups excluding tert-OH is 2. The molecule has 96 valence electrons. The van der Waals surface area contributed by atoms with Crippen LogP contribution in [0.25, 0.3) is 0 Å². The van der Waals surface area contributed by atoms with Gasteiger partial charge < -0.3 is 15.1 Å². The second kappa shape index (κ2) is 6.68. The van der Waals surface area contributed by atoms with Crippen LogP contribution in [-0.4, -0.2) is 41.3 Å². The third kappa shape index (κ3) is 4.07. The second-order valence-corrected chi connectivity index (χ2v) is 3.76. The van der Waals surface area contributed by atoms with Gasteiger partial charge in [-0.05, 0) is 6.07 Å². The molecule has 0 atom stereocenters. The molecule has 0 radical (unpaired) electrons. The number of anilines is 1. The van der Waals surface area contributed by atoms with Gasteiger partial charge in [0.05, 0.1) is 24.8 Å². The van der Waals surface area contributed by atoms with Gasteiger partial charge in [0.25, 0.3) is 6.43 Å². The molecule has 2 N–H and O–H groups in total. The summed E-state index contributed by atoms with van der Waals surface area (Å²) in [4.78, 5) is 5.13. The quantitative estimate of drug-likeness (QED) is 0.815. The molecule has 0 bridgehead atoms. The highest BCUT2D eigenvalue weighted by Crippen LogP contribution is 2.20. The maximum absolute atomic E-state index is 12.3. The monoisotopic (exact) mass is 266 g/mol. The van der Waals surface area contributed by atoms with E-state index in [-0.39, 0.29) is 30.6 Å². The highest BCUT2D eigenvalue weighted by Gasteiger charge is 2.14. The molecule has 0 aromatic carbocycles. The van der Waals surface area contributed by atoms with Gasteiger partial charge in [0.1, 0.15) is 5.82 Å². The molecule has 1 aromatic heterocycles. The third-order valence-electron chi connectivity index (χ3n) is 2.14. The van der Waals surface area contributed by atoms with Crippen molar-refractivity contribution in [2.45, 2.75) is 13.0 Å². The molecule has 0 saturated heterocycles. The molecular formula is C10H13ClF2N2O2. The molecule has 7 heteroatoms. The Hall–Kier alpha value is -0.980. The van der Waals surface area contributed by atoms with Crippen molar-refractivity contribution in [3.8, 4) is 0 Å². The van der Waals surface area contributed by atoms with Crippen molar-refractivity contribution in [2.75, 3.05) is 24.6 Å². The smallest absolute Gasteiger partial charge is 0.255 e. The zero-order chi connectivity index (χ0) is 12.8. The lowest BCUT2D eigenvalue weighted by Crippen LogP contribution is -2.32. The molecule has 0 aliphatic rings. The highest BCUT2D eigenvalue weighted by atomic mass is 35.5. The number of alkyl halides is 2. The first-order valence-corrected chi connectivity index (χ1v) is 5.35. The van der Waals surface area contributed by atoms with E-state index in [2.05, 4.69) is 4.98 Å². The summed E-state index contributed by atoms with van der Waals surface area (Å²) in [5.74, 6) is 0.257. The minimum Gasteiger partial charge on any atom is -0.395 e. The van der Waals surface area contributed by atoms with E-state index < -0.39 is 13.0 Å². The Labute approximate surface area is 102 Å². The summed E-state index contributed by atoms with van der Waals surface area (Å²) in [5, 5.41) is 18.1. The molecule has 1 rings (SSSR count). The van der Waals surface area contributed by atoms with Gasteiger partial charge in [-0.15, -0.1) is 0 Å². The first-order valence-electron chi connectivity index (χ1n) is 4.97. The Kier molecular flexibility index (Phi) is 5.54. The van der Waals surface area contributed by atoms with Crippen molar-refractivity contribution in [3.05, 3.63) is 22.8 Å². The van der Waals surface area contributed by atoms with E-state index in [0.29, 0.717) is 5.56 Å². The summed E-state index contributed by atoms with van der Waals surface area (Å²) in [5.41, 5.74) is 0.411. The summed E-state index contributed by atoms with van der Waals surface area (Å²) >= 11 is 5.75. The summed E-state index contributed by atoms with van der Waals surface area (Å²) in [7, 11) is 0. The molecule has 17 heavy (non-hydrogen) atoms. The molecule has 0 saturated carbocycles. The van der Waals surface area contributed by atoms with Crippen LogP contribution in [0.4, 0.5) is 14.6 Å². The van der Waals surface area contributed by atoms with Crippen molar-refractivity contribution in [1.82, 2.24) is 4.98 Å². The Bertz CT molecular complexity index is 366. The van der Waals surface area contributed by atoms with Crippen LogP contribution < -0.4 is 4.90 Å². The molecule has 1 aromatic rings. The lowest BCUT2D eigenvalue weighted by molar-refractivity contribution is 0.152. The maximum Gasteiger partial charge on any atom is 0.255 e. The summed E-state index contributed by atoms with van der Waals surface area (Å²) < 4.78 is 24.7. The average Bonchev–Trinajstić information content (AvgIpc) is 2.28. The molecule has 0 unspecified atom stereocenters. The summed E-state index contributed by atoms with van der Waals surface area (Å²) in [6, 6.07) is 1.43. The van der Waals surface area contributed by atoms with Gasteiger partial charge >= 0.3 is 0 Å². The van der Waals surface area contributed by atoms with Crippen LogP contribution in [-0.2, 0) is 6.61 Å². The lowest BCUT2D eigenvalue weighted by atomic mass is 10.2. The molecule has 0 amide bonds. The van der Waals surface area contributed by atoms with Gasteiger partial charge in [0, 0.05) is 18.3 Å². The number of rotatable bonds is 6. The predicted molar refractivity (Wildman–Crippen MR) is 60.5 cm³/mol. The van der Waals surface area contributed by atoms with E-state index in [1.165, 1.54) is 17.2 Å². The molecule has 0 aliphatic heterocycles. The van der Waals surface area contributed by atoms with Crippen molar-refractivity contribution >= 4 is 17.4 Å². The van der Waals surface area contributed by atoms with E-state index in [1.807, 2.05) is 0 Å². The number of halogens is 3. The first kappa shape index (κ1) is 14.1. The SMILES string of the molecule is OCCN(CC(F)F)c1cc(CO)c(Cl)cn1. The van der Waals surface area contributed by atoms with Gasteiger partial charge in [0.2, 0.25) is 0 Å². The van der Waals surface area contributed by atoms with Crippen molar-refractivity contribution in [2.24, 2.45) is 0 Å². The van der Waals surface area contributed by atoms with Gasteiger partial charge in [-0.2, -0.15) is 0 Å². The summed E-state index contributed by atoms with van der Waals surface area (Å²) in [6.07, 6.45) is -1.24. The number of hydrogen-bond donors (Lipinski definition) is 2. The standard InChI is InChI=1S/C10H13ClF2N2O2/c11-8-4-14-10(3-7(8)6-17)15(1-2-16)5-9(12)13/h3-4,9,16-17H,1-2,5-6H2. The van der Waals surface area contributed by atoms with Crippen LogP contribution >= 0.6 is 11.6 Å². The number of aliphatic hydroxyl groups is 2. The van der Waals surface area contributed by atoms with E-state index in [1.54, 1.807) is 0 Å². The molecule has 0 fully saturated rings. The molecule has 0 spiro atoms. The van der Waals surface area contributed by atoms with Crippen molar-refractivity contribution < 1.29 is 19.0 Å². The molecule has 0 aliphatic carbocycles. The topological polar surface area (TPSA) is 56.6 Å². The zero-order valence-electron chi connectivity index (χ0n) is 8.98. The Morgan fingerprint density at radius 3 is 2.65 bits per heavy atom. The lowest BCUT2D eigenvalue weighted by Gasteiger charge is -2.22. The minimum atomic E-state index is -2.53. The van der Waals surface area contributed by atoms with E-state index >= 15 is 0 Å². The fraction of sp³-hybridized carbons (Fsp3) is 0.500. The van der Waals surface area contributed by atoms with E-state index in [0.717, 1.165) is 0 Å². The molecule has 1 heterocycles. The predicted octanol–water partition coefficient (Wildman–Crippen LogP) is 1.29. The van der Waals surface area contributed by atoms with Crippen LogP contribution in [0.1, 0.15) is 5.56 Å². The van der Waals surface area contributed by atoms with Crippen LogP contribution in [0, 0.1) is 0 Å². The van der Waals surface area contributed by atoms with Crippen LogP contribution in [0.15, 0.2) is 12.3 Å². The van der Waals surface area contributed by atoms with Gasteiger partial charge in [-0.3, -0.25) is 0 Å². The Morgan fingerprint density at radius 1 is 1.41 bits per heavy atom. The number of hydrogen-bond acceptors (Lipinski definition) is 4. The van der Waals surface area contributed by atoms with Crippen LogP contribution in [0.3, 0.4) is 0 Å². The Morgan fingerprint density at radius 2 is 2.12 bits per heavy atom. The van der Waals surface area contributed by atoms with Crippen molar-refractivity contribution in [3.63, 3.8) is 0 Å². The highest BCUT2D eigenvalue weighted by molar-refractivity contribution is 6.31. The van der Waals surface area contributed by atoms with Gasteiger partial charge in [-0.1, -0.05) is 11.6 Å². The fourth-order valence-corrected chi connectivity index (χ4v) is 1.51. The number of pyridine rings is 1. The third-order valence-corrected chi connectivity index (χ3v) is 2.48. The van der Waals surface area contributed by atoms with E-state index in [9.17, 15) is 8.78 Å². The van der Waals surface area contributed by atoms with Gasteiger partial charge in [0.15, 0.2) is 0 Å². The zero-order valence-corrected chi connectivity index (χ0v) is 9.74. The second-order valence-electron chi connectivity index (χ2n) is 3.35. The van der Waals surface area contributed by atoms with Crippen molar-refractivity contribution in [1.29, 1.82) is 0 Å².